The van der Waals surface area contributed by atoms with Crippen molar-refractivity contribution in [2.45, 2.75) is 50.0 Å². The first-order valence-corrected chi connectivity index (χ1v) is 10.2. The summed E-state index contributed by atoms with van der Waals surface area (Å²) in [5, 5.41) is 0.715. The average molecular weight is 385 g/mol. The molecule has 1 aromatic heterocycles. The lowest BCUT2D eigenvalue weighted by molar-refractivity contribution is -0.139. The van der Waals surface area contributed by atoms with Gasteiger partial charge in [0.15, 0.2) is 0 Å². The summed E-state index contributed by atoms with van der Waals surface area (Å²) < 4.78 is 6.02. The Labute approximate surface area is 165 Å². The fraction of sp³-hybridized carbons (Fsp3) is 0.455. The second-order valence-electron chi connectivity index (χ2n) is 7.59. The summed E-state index contributed by atoms with van der Waals surface area (Å²) in [5.41, 5.74) is 0.741. The number of likely N-dealkylation sites (tertiary alicyclic amines) is 1. The third-order valence-electron chi connectivity index (χ3n) is 5.93. The first kappa shape index (κ1) is 18.3. The van der Waals surface area contributed by atoms with Gasteiger partial charge in [0, 0.05) is 37.2 Å². The number of nitrogens with zero attached hydrogens (tertiary/aromatic N) is 2. The predicted molar refractivity (Wildman–Crippen MR) is 106 cm³/mol. The van der Waals surface area contributed by atoms with Crippen LogP contribution in [-0.4, -0.2) is 35.0 Å². The van der Waals surface area contributed by atoms with Crippen molar-refractivity contribution < 1.29 is 9.53 Å². The Kier molecular flexibility index (Phi) is 5.35. The molecule has 2 fully saturated rings. The van der Waals surface area contributed by atoms with E-state index in [1.807, 2.05) is 41.3 Å². The minimum absolute atomic E-state index is 0.147. The Morgan fingerprint density at radius 3 is 2.44 bits per heavy atom. The largest absolute Gasteiger partial charge is 0.489 e. The zero-order valence-electron chi connectivity index (χ0n) is 15.4. The molecular formula is C22H25ClN2O2. The van der Waals surface area contributed by atoms with Gasteiger partial charge in [-0.25, -0.2) is 0 Å². The molecule has 0 radical (unpaired) electrons. The summed E-state index contributed by atoms with van der Waals surface area (Å²) in [6.45, 7) is 1.50. The summed E-state index contributed by atoms with van der Waals surface area (Å²) in [6, 6.07) is 11.7. The van der Waals surface area contributed by atoms with Crippen molar-refractivity contribution >= 4 is 17.5 Å². The van der Waals surface area contributed by atoms with E-state index in [0.717, 1.165) is 62.9 Å². The highest BCUT2D eigenvalue weighted by Gasteiger charge is 2.45. The fourth-order valence-electron chi connectivity index (χ4n) is 4.46. The number of amides is 1. The third-order valence-corrected chi connectivity index (χ3v) is 6.18. The number of rotatable bonds is 4. The molecule has 2 heterocycles. The summed E-state index contributed by atoms with van der Waals surface area (Å²) in [7, 11) is 0. The maximum absolute atomic E-state index is 13.5. The van der Waals surface area contributed by atoms with E-state index in [2.05, 4.69) is 4.98 Å². The van der Waals surface area contributed by atoms with Crippen LogP contribution in [-0.2, 0) is 10.2 Å². The van der Waals surface area contributed by atoms with Crippen LogP contribution in [0.4, 0.5) is 0 Å². The van der Waals surface area contributed by atoms with Crippen LogP contribution in [0.5, 0.6) is 5.75 Å². The minimum atomic E-state index is -0.373. The van der Waals surface area contributed by atoms with E-state index < -0.39 is 0 Å². The summed E-state index contributed by atoms with van der Waals surface area (Å²) in [5.74, 6) is 1.08. The molecule has 2 aromatic rings. The first-order chi connectivity index (χ1) is 13.2. The van der Waals surface area contributed by atoms with Gasteiger partial charge >= 0.3 is 0 Å². The molecule has 1 saturated heterocycles. The first-order valence-electron chi connectivity index (χ1n) is 9.79. The van der Waals surface area contributed by atoms with Crippen LogP contribution in [0, 0.1) is 0 Å². The van der Waals surface area contributed by atoms with Crippen LogP contribution >= 0.6 is 11.6 Å². The van der Waals surface area contributed by atoms with E-state index in [9.17, 15) is 4.79 Å². The predicted octanol–water partition coefficient (Wildman–Crippen LogP) is 4.62. The summed E-state index contributed by atoms with van der Waals surface area (Å²) in [6.07, 6.45) is 9.42. The summed E-state index contributed by atoms with van der Waals surface area (Å²) in [4.78, 5) is 19.7. The Morgan fingerprint density at radius 2 is 1.81 bits per heavy atom. The molecule has 0 spiro atoms. The zero-order chi connectivity index (χ0) is 18.7. The van der Waals surface area contributed by atoms with Crippen molar-refractivity contribution in [1.29, 1.82) is 0 Å². The van der Waals surface area contributed by atoms with Gasteiger partial charge < -0.3 is 9.64 Å². The molecule has 27 heavy (non-hydrogen) atoms. The summed E-state index contributed by atoms with van der Waals surface area (Å²) >= 11 is 6.06. The maximum atomic E-state index is 13.5. The number of carbonyl (C=O) groups excluding carboxylic acids is 1. The number of carbonyl (C=O) groups is 1. The van der Waals surface area contributed by atoms with Gasteiger partial charge in [-0.05, 0) is 42.7 Å². The number of pyridine rings is 1. The van der Waals surface area contributed by atoms with Crippen molar-refractivity contribution in [3.8, 4) is 5.75 Å². The van der Waals surface area contributed by atoms with E-state index >= 15 is 0 Å². The van der Waals surface area contributed by atoms with Gasteiger partial charge in [0.2, 0.25) is 5.91 Å². The van der Waals surface area contributed by atoms with Crippen molar-refractivity contribution in [1.82, 2.24) is 9.88 Å². The number of piperidine rings is 1. The standard InChI is InChI=1S/C22H25ClN2O2/c23-18-7-5-17(6-8-18)22(11-1-2-12-22)21(26)25-14-9-19(10-15-25)27-20-4-3-13-24-16-20/h3-8,13,16,19H,1-2,9-12,14-15H2. The molecule has 2 aliphatic rings. The molecule has 1 amide bonds. The normalized spacial score (nSPS) is 19.8. The number of halogens is 1. The van der Waals surface area contributed by atoms with Crippen molar-refractivity contribution in [2.75, 3.05) is 13.1 Å². The van der Waals surface area contributed by atoms with Crippen molar-refractivity contribution in [3.63, 3.8) is 0 Å². The molecule has 4 nitrogen and oxygen atoms in total. The van der Waals surface area contributed by atoms with Crippen LogP contribution in [0.15, 0.2) is 48.8 Å². The van der Waals surface area contributed by atoms with Crippen molar-refractivity contribution in [2.24, 2.45) is 0 Å². The molecule has 5 heteroatoms. The van der Waals surface area contributed by atoms with Crippen LogP contribution in [0.25, 0.3) is 0 Å². The topological polar surface area (TPSA) is 42.4 Å². The Bertz CT molecular complexity index is 765. The van der Waals surface area contributed by atoms with Crippen LogP contribution in [0.1, 0.15) is 44.1 Å². The van der Waals surface area contributed by atoms with Gasteiger partial charge in [-0.3, -0.25) is 9.78 Å². The van der Waals surface area contributed by atoms with E-state index in [0.29, 0.717) is 5.02 Å². The van der Waals surface area contributed by atoms with E-state index in [1.54, 1.807) is 12.4 Å². The van der Waals surface area contributed by atoms with Crippen LogP contribution < -0.4 is 4.74 Å². The van der Waals surface area contributed by atoms with E-state index in [1.165, 1.54) is 0 Å². The lowest BCUT2D eigenvalue weighted by Crippen LogP contribution is -2.50. The minimum Gasteiger partial charge on any atom is -0.489 e. The molecule has 142 valence electrons. The van der Waals surface area contributed by atoms with Crippen LogP contribution in [0.2, 0.25) is 5.02 Å². The molecule has 4 rings (SSSR count). The monoisotopic (exact) mass is 384 g/mol. The Hall–Kier alpha value is -2.07. The molecule has 0 bridgehead atoms. The highest BCUT2D eigenvalue weighted by atomic mass is 35.5. The number of benzene rings is 1. The Morgan fingerprint density at radius 1 is 1.11 bits per heavy atom. The van der Waals surface area contributed by atoms with Gasteiger partial charge in [-0.15, -0.1) is 0 Å². The maximum Gasteiger partial charge on any atom is 0.233 e. The van der Waals surface area contributed by atoms with Gasteiger partial charge in [0.05, 0.1) is 11.6 Å². The average Bonchev–Trinajstić information content (AvgIpc) is 3.20. The highest BCUT2D eigenvalue weighted by molar-refractivity contribution is 6.30. The number of aromatic nitrogens is 1. The number of ether oxygens (including phenoxy) is 1. The van der Waals surface area contributed by atoms with Gasteiger partial charge in [-0.1, -0.05) is 36.6 Å². The lowest BCUT2D eigenvalue weighted by atomic mass is 9.77. The number of hydrogen-bond donors (Lipinski definition) is 0. The molecule has 1 aliphatic heterocycles. The second-order valence-corrected chi connectivity index (χ2v) is 8.03. The zero-order valence-corrected chi connectivity index (χ0v) is 16.2. The van der Waals surface area contributed by atoms with Gasteiger partial charge in [0.1, 0.15) is 11.9 Å². The quantitative estimate of drug-likeness (QED) is 0.772. The molecule has 0 N–H and O–H groups in total. The van der Waals surface area contributed by atoms with Gasteiger partial charge in [0.25, 0.3) is 0 Å². The SMILES string of the molecule is O=C(N1CCC(Oc2cccnc2)CC1)C1(c2ccc(Cl)cc2)CCCC1. The highest BCUT2D eigenvalue weighted by Crippen LogP contribution is 2.43. The lowest BCUT2D eigenvalue weighted by Gasteiger charge is -2.38. The van der Waals surface area contributed by atoms with E-state index in [-0.39, 0.29) is 17.4 Å². The van der Waals surface area contributed by atoms with Crippen molar-refractivity contribution in [3.05, 3.63) is 59.4 Å². The van der Waals surface area contributed by atoms with Crippen LogP contribution in [0.3, 0.4) is 0 Å². The molecule has 1 saturated carbocycles. The van der Waals surface area contributed by atoms with E-state index in [4.69, 9.17) is 16.3 Å². The molecule has 1 aliphatic carbocycles. The van der Waals surface area contributed by atoms with Gasteiger partial charge in [-0.2, -0.15) is 0 Å². The third kappa shape index (κ3) is 3.81. The number of hydrogen-bond acceptors (Lipinski definition) is 3. The molecular weight excluding hydrogens is 360 g/mol. The molecule has 1 aromatic carbocycles. The Balaban J connectivity index is 1.43. The molecule has 0 unspecified atom stereocenters. The molecule has 0 atom stereocenters. The fourth-order valence-corrected chi connectivity index (χ4v) is 4.59. The second kappa shape index (κ2) is 7.89. The smallest absolute Gasteiger partial charge is 0.233 e.